The highest BCUT2D eigenvalue weighted by molar-refractivity contribution is 5.80. The number of benzene rings is 1. The van der Waals surface area contributed by atoms with Crippen molar-refractivity contribution in [1.29, 1.82) is 0 Å². The Morgan fingerprint density at radius 1 is 1.23 bits per heavy atom. The molecule has 0 saturated heterocycles. The molecule has 0 aliphatic carbocycles. The molecule has 0 saturated carbocycles. The highest BCUT2D eigenvalue weighted by Crippen LogP contribution is 2.21. The van der Waals surface area contributed by atoms with Gasteiger partial charge in [-0.2, -0.15) is 5.10 Å². The van der Waals surface area contributed by atoms with Gasteiger partial charge in [0.25, 0.3) is 0 Å². The number of aryl methyl sites for hydroxylation is 2. The van der Waals surface area contributed by atoms with Gasteiger partial charge in [0, 0.05) is 37.8 Å². The molecule has 0 fully saturated rings. The number of aromatic nitrogens is 2. The third-order valence-corrected chi connectivity index (χ3v) is 5.03. The molecule has 0 bridgehead atoms. The number of guanidine groups is 1. The highest BCUT2D eigenvalue weighted by atomic mass is 15.3. The van der Waals surface area contributed by atoms with Crippen LogP contribution in [0.4, 0.5) is 0 Å². The first-order chi connectivity index (χ1) is 12.2. The first-order valence-electron chi connectivity index (χ1n) is 9.26. The minimum absolute atomic E-state index is 0.0264. The Bertz CT molecular complexity index is 743. The molecule has 0 amide bonds. The Kier molecular flexibility index (Phi) is 6.46. The van der Waals surface area contributed by atoms with E-state index in [1.165, 1.54) is 16.8 Å². The van der Waals surface area contributed by atoms with Crippen LogP contribution in [-0.4, -0.2) is 35.4 Å². The Morgan fingerprint density at radius 2 is 1.88 bits per heavy atom. The van der Waals surface area contributed by atoms with E-state index in [9.17, 15) is 0 Å². The molecule has 2 aromatic rings. The number of hydrogen-bond donors (Lipinski definition) is 2. The second-order valence-electron chi connectivity index (χ2n) is 7.70. The largest absolute Gasteiger partial charge is 0.356 e. The quantitative estimate of drug-likeness (QED) is 0.618. The summed E-state index contributed by atoms with van der Waals surface area (Å²) >= 11 is 0. The van der Waals surface area contributed by atoms with Crippen molar-refractivity contribution < 1.29 is 0 Å². The summed E-state index contributed by atoms with van der Waals surface area (Å²) in [6.45, 7) is 11.7. The number of hydrogen-bond acceptors (Lipinski definition) is 2. The molecular formula is C21H33N5. The van der Waals surface area contributed by atoms with Gasteiger partial charge in [-0.15, -0.1) is 0 Å². The third kappa shape index (κ3) is 4.87. The van der Waals surface area contributed by atoms with Crippen molar-refractivity contribution in [3.05, 3.63) is 52.8 Å². The monoisotopic (exact) mass is 355 g/mol. The molecule has 2 rings (SSSR count). The minimum atomic E-state index is 0.0264. The van der Waals surface area contributed by atoms with Crippen molar-refractivity contribution in [2.24, 2.45) is 12.0 Å². The number of nitrogens with zero attached hydrogens (tertiary/aromatic N) is 3. The summed E-state index contributed by atoms with van der Waals surface area (Å²) in [5.74, 6) is 0.834. The van der Waals surface area contributed by atoms with Crippen molar-refractivity contribution in [3.63, 3.8) is 0 Å². The Balaban J connectivity index is 1.95. The summed E-state index contributed by atoms with van der Waals surface area (Å²) in [4.78, 5) is 4.39. The molecule has 1 aromatic carbocycles. The molecule has 1 heterocycles. The molecule has 0 aliphatic rings. The zero-order valence-electron chi connectivity index (χ0n) is 17.2. The van der Waals surface area contributed by atoms with Gasteiger partial charge in [-0.25, -0.2) is 0 Å². The van der Waals surface area contributed by atoms with Gasteiger partial charge in [0.2, 0.25) is 0 Å². The molecule has 142 valence electrons. The lowest BCUT2D eigenvalue weighted by Crippen LogP contribution is -2.47. The number of rotatable bonds is 6. The Hall–Kier alpha value is -2.30. The van der Waals surface area contributed by atoms with Gasteiger partial charge in [0.05, 0.1) is 5.69 Å². The molecule has 0 radical (unpaired) electrons. The zero-order chi connectivity index (χ0) is 19.3. The van der Waals surface area contributed by atoms with E-state index in [1.807, 2.05) is 18.8 Å². The van der Waals surface area contributed by atoms with Gasteiger partial charge in [-0.1, -0.05) is 44.2 Å². The fourth-order valence-corrected chi connectivity index (χ4v) is 3.19. The van der Waals surface area contributed by atoms with Gasteiger partial charge in [0.15, 0.2) is 5.96 Å². The van der Waals surface area contributed by atoms with E-state index >= 15 is 0 Å². The average molecular weight is 356 g/mol. The summed E-state index contributed by atoms with van der Waals surface area (Å²) in [6, 6.07) is 10.8. The van der Waals surface area contributed by atoms with Crippen LogP contribution in [-0.2, 0) is 18.9 Å². The molecule has 2 N–H and O–H groups in total. The summed E-state index contributed by atoms with van der Waals surface area (Å²) in [6.07, 6.45) is 0.925. The molecule has 1 aromatic heterocycles. The van der Waals surface area contributed by atoms with Crippen LogP contribution >= 0.6 is 0 Å². The van der Waals surface area contributed by atoms with Crippen molar-refractivity contribution in [2.75, 3.05) is 13.6 Å². The molecular weight excluding hydrogens is 322 g/mol. The van der Waals surface area contributed by atoms with Crippen LogP contribution < -0.4 is 10.6 Å². The summed E-state index contributed by atoms with van der Waals surface area (Å²) in [5, 5.41) is 11.5. The van der Waals surface area contributed by atoms with Crippen LogP contribution in [0.15, 0.2) is 35.3 Å². The van der Waals surface area contributed by atoms with Crippen molar-refractivity contribution in [1.82, 2.24) is 20.4 Å². The average Bonchev–Trinajstić information content (AvgIpc) is 2.85. The van der Waals surface area contributed by atoms with Gasteiger partial charge in [0.1, 0.15) is 0 Å². The first kappa shape index (κ1) is 20.0. The maximum Gasteiger partial charge on any atom is 0.191 e. The highest BCUT2D eigenvalue weighted by Gasteiger charge is 2.21. The smallest absolute Gasteiger partial charge is 0.191 e. The van der Waals surface area contributed by atoms with Gasteiger partial charge in [-0.05, 0) is 38.3 Å². The first-order valence-corrected chi connectivity index (χ1v) is 9.26. The van der Waals surface area contributed by atoms with E-state index in [-0.39, 0.29) is 11.5 Å². The third-order valence-electron chi connectivity index (χ3n) is 5.03. The maximum absolute atomic E-state index is 4.51. The van der Waals surface area contributed by atoms with Crippen molar-refractivity contribution >= 4 is 5.96 Å². The Morgan fingerprint density at radius 3 is 2.42 bits per heavy atom. The zero-order valence-corrected chi connectivity index (χ0v) is 17.2. The van der Waals surface area contributed by atoms with Crippen LogP contribution in [0.3, 0.4) is 0 Å². The van der Waals surface area contributed by atoms with E-state index in [0.29, 0.717) is 0 Å². The molecule has 5 heteroatoms. The van der Waals surface area contributed by atoms with E-state index in [1.54, 1.807) is 0 Å². The maximum atomic E-state index is 4.51. The second kappa shape index (κ2) is 8.39. The lowest BCUT2D eigenvalue weighted by Gasteiger charge is -2.27. The van der Waals surface area contributed by atoms with Gasteiger partial charge in [-0.3, -0.25) is 9.67 Å². The molecule has 0 aliphatic heterocycles. The lowest BCUT2D eigenvalue weighted by atomic mass is 9.85. The van der Waals surface area contributed by atoms with Crippen molar-refractivity contribution in [2.45, 2.75) is 52.5 Å². The summed E-state index contributed by atoms with van der Waals surface area (Å²) in [7, 11) is 3.81. The van der Waals surface area contributed by atoms with Gasteiger partial charge < -0.3 is 10.6 Å². The standard InChI is InChI=1S/C21H33N5/c1-15(13-19-16(2)25-26(7)17(19)3)24-20(22-6)23-14-21(4,5)18-11-9-8-10-12-18/h8-12,15H,13-14H2,1-7H3,(H2,22,23,24). The van der Waals surface area contributed by atoms with Crippen LogP contribution in [0, 0.1) is 13.8 Å². The van der Waals surface area contributed by atoms with Crippen LogP contribution in [0.1, 0.15) is 43.3 Å². The van der Waals surface area contributed by atoms with Crippen LogP contribution in [0.2, 0.25) is 0 Å². The summed E-state index contributed by atoms with van der Waals surface area (Å²) < 4.78 is 1.95. The fourth-order valence-electron chi connectivity index (χ4n) is 3.19. The van der Waals surface area contributed by atoms with Gasteiger partial charge >= 0.3 is 0 Å². The molecule has 26 heavy (non-hydrogen) atoms. The molecule has 1 unspecified atom stereocenters. The van der Waals surface area contributed by atoms with Crippen LogP contribution in [0.5, 0.6) is 0 Å². The predicted molar refractivity (Wildman–Crippen MR) is 110 cm³/mol. The Labute approximate surface area is 157 Å². The van der Waals surface area contributed by atoms with E-state index in [2.05, 4.69) is 85.7 Å². The lowest BCUT2D eigenvalue weighted by molar-refractivity contribution is 0.504. The number of nitrogens with one attached hydrogen (secondary N) is 2. The molecule has 5 nitrogen and oxygen atoms in total. The minimum Gasteiger partial charge on any atom is -0.356 e. The normalized spacial score (nSPS) is 13.6. The SMILES string of the molecule is CN=C(NCC(C)(C)c1ccccc1)NC(C)Cc1c(C)nn(C)c1C. The second-order valence-corrected chi connectivity index (χ2v) is 7.70. The van der Waals surface area contributed by atoms with Crippen LogP contribution in [0.25, 0.3) is 0 Å². The molecule has 0 spiro atoms. The topological polar surface area (TPSA) is 54.2 Å². The summed E-state index contributed by atoms with van der Waals surface area (Å²) in [5.41, 5.74) is 4.99. The van der Waals surface area contributed by atoms with E-state index in [0.717, 1.165) is 24.6 Å². The van der Waals surface area contributed by atoms with E-state index < -0.39 is 0 Å². The molecule has 1 atom stereocenters. The number of aliphatic imine (C=N–C) groups is 1. The fraction of sp³-hybridized carbons (Fsp3) is 0.524. The van der Waals surface area contributed by atoms with Crippen molar-refractivity contribution in [3.8, 4) is 0 Å². The van der Waals surface area contributed by atoms with E-state index in [4.69, 9.17) is 0 Å². The predicted octanol–water partition coefficient (Wildman–Crippen LogP) is 3.11.